The molecular weight excluding hydrogens is 168 g/mol. The van der Waals surface area contributed by atoms with Crippen molar-refractivity contribution in [3.05, 3.63) is 35.4 Å². The van der Waals surface area contributed by atoms with E-state index in [4.69, 9.17) is 0 Å². The van der Waals surface area contributed by atoms with Crippen LogP contribution in [0.1, 0.15) is 22.8 Å². The number of rotatable bonds is 3. The molecule has 0 bridgehead atoms. The fourth-order valence-corrected chi connectivity index (χ4v) is 1.53. The number of Topliss-reactive ketones (excluding diaryl/α,β-unsaturated/α-hetero) is 1. The first-order valence-electron chi connectivity index (χ1n) is 3.83. The summed E-state index contributed by atoms with van der Waals surface area (Å²) >= 11 is 1.78. The molecule has 0 fully saturated rings. The number of hydrogen-bond donors (Lipinski definition) is 0. The Balaban J connectivity index is 2.78. The fraction of sp³-hybridized carbons (Fsp3) is 0.300. The van der Waals surface area contributed by atoms with Crippen LogP contribution in [0, 0.1) is 0 Å². The zero-order valence-corrected chi connectivity index (χ0v) is 8.15. The van der Waals surface area contributed by atoms with Gasteiger partial charge in [-0.25, -0.2) is 0 Å². The molecule has 1 rings (SSSR count). The van der Waals surface area contributed by atoms with Crippen molar-refractivity contribution in [1.29, 1.82) is 0 Å². The van der Waals surface area contributed by atoms with Gasteiger partial charge in [0.1, 0.15) is 0 Å². The SMILES string of the molecule is CSCc1ccc(C(C)=O)cc1. The summed E-state index contributed by atoms with van der Waals surface area (Å²) in [5, 5.41) is 0. The number of ketones is 1. The maximum Gasteiger partial charge on any atom is 0.159 e. The normalized spacial score (nSPS) is 9.83. The Bertz CT molecular complexity index is 264. The van der Waals surface area contributed by atoms with E-state index in [2.05, 4.69) is 6.26 Å². The van der Waals surface area contributed by atoms with Gasteiger partial charge in [0.05, 0.1) is 0 Å². The molecule has 0 spiro atoms. The van der Waals surface area contributed by atoms with Gasteiger partial charge in [-0.1, -0.05) is 24.3 Å². The van der Waals surface area contributed by atoms with E-state index in [1.54, 1.807) is 18.7 Å². The Kier molecular flexibility index (Phi) is 3.35. The first-order chi connectivity index (χ1) is 5.74. The average molecular weight is 180 g/mol. The van der Waals surface area contributed by atoms with Crippen LogP contribution in [-0.4, -0.2) is 12.0 Å². The van der Waals surface area contributed by atoms with Gasteiger partial charge in [-0.2, -0.15) is 11.8 Å². The fourth-order valence-electron chi connectivity index (χ4n) is 1.00. The van der Waals surface area contributed by atoms with E-state index in [0.717, 1.165) is 11.3 Å². The van der Waals surface area contributed by atoms with Gasteiger partial charge in [0, 0.05) is 11.3 Å². The molecule has 0 N–H and O–H groups in total. The third kappa shape index (κ3) is 2.38. The number of benzene rings is 1. The smallest absolute Gasteiger partial charge is 0.159 e. The van der Waals surface area contributed by atoms with E-state index >= 15 is 0 Å². The quantitative estimate of drug-likeness (QED) is 0.665. The molecule has 0 aliphatic carbocycles. The Morgan fingerprint density at radius 3 is 2.33 bits per heavy atom. The first-order valence-corrected chi connectivity index (χ1v) is 5.22. The maximum absolute atomic E-state index is 10.9. The maximum atomic E-state index is 10.9. The molecule has 1 aromatic carbocycles. The number of thioether (sulfide) groups is 1. The molecule has 0 unspecified atom stereocenters. The van der Waals surface area contributed by atoms with Gasteiger partial charge in [0.25, 0.3) is 0 Å². The van der Waals surface area contributed by atoms with Gasteiger partial charge in [-0.05, 0) is 18.7 Å². The molecule has 0 aliphatic heterocycles. The lowest BCUT2D eigenvalue weighted by molar-refractivity contribution is 0.101. The molecule has 0 saturated carbocycles. The van der Waals surface area contributed by atoms with Crippen LogP contribution in [0.5, 0.6) is 0 Å². The van der Waals surface area contributed by atoms with Crippen LogP contribution in [0.15, 0.2) is 24.3 Å². The summed E-state index contributed by atoms with van der Waals surface area (Å²) < 4.78 is 0. The van der Waals surface area contributed by atoms with E-state index < -0.39 is 0 Å². The van der Waals surface area contributed by atoms with Crippen molar-refractivity contribution in [2.45, 2.75) is 12.7 Å². The highest BCUT2D eigenvalue weighted by Crippen LogP contribution is 2.10. The molecule has 0 heterocycles. The molecule has 0 amide bonds. The largest absolute Gasteiger partial charge is 0.295 e. The van der Waals surface area contributed by atoms with Crippen LogP contribution >= 0.6 is 11.8 Å². The van der Waals surface area contributed by atoms with Crippen molar-refractivity contribution in [1.82, 2.24) is 0 Å². The Morgan fingerprint density at radius 2 is 1.92 bits per heavy atom. The lowest BCUT2D eigenvalue weighted by Crippen LogP contribution is -1.91. The van der Waals surface area contributed by atoms with E-state index in [-0.39, 0.29) is 5.78 Å². The topological polar surface area (TPSA) is 17.1 Å². The number of carbonyl (C=O) groups excluding carboxylic acids is 1. The molecule has 1 aromatic rings. The summed E-state index contributed by atoms with van der Waals surface area (Å²) in [5.41, 5.74) is 2.06. The predicted octanol–water partition coefficient (Wildman–Crippen LogP) is 2.75. The summed E-state index contributed by atoms with van der Waals surface area (Å²) in [6.07, 6.45) is 2.07. The first kappa shape index (κ1) is 9.33. The molecule has 2 heteroatoms. The van der Waals surface area contributed by atoms with E-state index in [1.165, 1.54) is 5.56 Å². The van der Waals surface area contributed by atoms with E-state index in [1.807, 2.05) is 24.3 Å². The molecule has 0 radical (unpaired) electrons. The second-order valence-corrected chi connectivity index (χ2v) is 3.55. The van der Waals surface area contributed by atoms with E-state index in [0.29, 0.717) is 0 Å². The number of carbonyl (C=O) groups is 1. The molecular formula is C10H12OS. The summed E-state index contributed by atoms with van der Waals surface area (Å²) in [7, 11) is 0. The van der Waals surface area contributed by atoms with Gasteiger partial charge >= 0.3 is 0 Å². The van der Waals surface area contributed by atoms with Gasteiger partial charge in [-0.3, -0.25) is 4.79 Å². The van der Waals surface area contributed by atoms with Crippen molar-refractivity contribution in [3.63, 3.8) is 0 Å². The van der Waals surface area contributed by atoms with Gasteiger partial charge < -0.3 is 0 Å². The minimum atomic E-state index is 0.130. The van der Waals surface area contributed by atoms with Crippen LogP contribution in [0.3, 0.4) is 0 Å². The summed E-state index contributed by atoms with van der Waals surface area (Å²) in [6.45, 7) is 1.59. The molecule has 12 heavy (non-hydrogen) atoms. The van der Waals surface area contributed by atoms with Crippen molar-refractivity contribution in [3.8, 4) is 0 Å². The van der Waals surface area contributed by atoms with Gasteiger partial charge in [0.2, 0.25) is 0 Å². The zero-order valence-electron chi connectivity index (χ0n) is 7.33. The third-order valence-electron chi connectivity index (χ3n) is 1.67. The van der Waals surface area contributed by atoms with Crippen LogP contribution < -0.4 is 0 Å². The minimum absolute atomic E-state index is 0.130. The average Bonchev–Trinajstić information content (AvgIpc) is 2.06. The van der Waals surface area contributed by atoms with Crippen LogP contribution in [-0.2, 0) is 5.75 Å². The van der Waals surface area contributed by atoms with Gasteiger partial charge in [0.15, 0.2) is 5.78 Å². The molecule has 0 saturated heterocycles. The monoisotopic (exact) mass is 180 g/mol. The van der Waals surface area contributed by atoms with Crippen LogP contribution in [0.2, 0.25) is 0 Å². The highest BCUT2D eigenvalue weighted by atomic mass is 32.2. The molecule has 1 nitrogen and oxygen atoms in total. The summed E-state index contributed by atoms with van der Waals surface area (Å²) in [5.74, 6) is 1.14. The Labute approximate surface area is 77.2 Å². The third-order valence-corrected chi connectivity index (χ3v) is 2.29. The van der Waals surface area contributed by atoms with Gasteiger partial charge in [-0.15, -0.1) is 0 Å². The Hall–Kier alpha value is -0.760. The highest BCUT2D eigenvalue weighted by molar-refractivity contribution is 7.97. The van der Waals surface area contributed by atoms with Crippen molar-refractivity contribution in [2.24, 2.45) is 0 Å². The zero-order chi connectivity index (χ0) is 8.97. The molecule has 0 aromatic heterocycles. The minimum Gasteiger partial charge on any atom is -0.295 e. The second kappa shape index (κ2) is 4.31. The number of hydrogen-bond acceptors (Lipinski definition) is 2. The Morgan fingerprint density at radius 1 is 1.33 bits per heavy atom. The summed E-state index contributed by atoms with van der Waals surface area (Å²) in [6, 6.07) is 7.78. The van der Waals surface area contributed by atoms with Crippen molar-refractivity contribution < 1.29 is 4.79 Å². The summed E-state index contributed by atoms with van der Waals surface area (Å²) in [4.78, 5) is 10.9. The lowest BCUT2D eigenvalue weighted by Gasteiger charge is -1.98. The standard InChI is InChI=1S/C10H12OS/c1-8(11)10-5-3-9(4-6-10)7-12-2/h3-6H,7H2,1-2H3. The second-order valence-electron chi connectivity index (χ2n) is 2.69. The van der Waals surface area contributed by atoms with Crippen LogP contribution in [0.4, 0.5) is 0 Å². The van der Waals surface area contributed by atoms with Crippen LogP contribution in [0.25, 0.3) is 0 Å². The lowest BCUT2D eigenvalue weighted by atomic mass is 10.1. The highest BCUT2D eigenvalue weighted by Gasteiger charge is 1.97. The van der Waals surface area contributed by atoms with E-state index in [9.17, 15) is 4.79 Å². The molecule has 0 aliphatic rings. The molecule has 0 atom stereocenters. The molecule has 64 valence electrons. The van der Waals surface area contributed by atoms with Crippen molar-refractivity contribution in [2.75, 3.05) is 6.26 Å². The predicted molar refractivity (Wildman–Crippen MR) is 53.7 cm³/mol. The van der Waals surface area contributed by atoms with Crippen molar-refractivity contribution >= 4 is 17.5 Å².